The molecule has 1 amide bonds. The van der Waals surface area contributed by atoms with E-state index in [0.717, 1.165) is 5.56 Å². The zero-order valence-corrected chi connectivity index (χ0v) is 12.0. The average molecular weight is 335 g/mol. The first-order valence-electron chi connectivity index (χ1n) is 6.00. The first kappa shape index (κ1) is 14.8. The van der Waals surface area contributed by atoms with Crippen LogP contribution in [0.1, 0.15) is 23.6 Å². The Hall–Kier alpha value is -1.15. The van der Waals surface area contributed by atoms with Gasteiger partial charge in [-0.3, -0.25) is 4.79 Å². The molecule has 0 aromatic heterocycles. The smallest absolute Gasteiger partial charge is 0.341 e. The van der Waals surface area contributed by atoms with E-state index in [1.165, 1.54) is 35.7 Å². The number of thioether (sulfide) groups is 2. The lowest BCUT2D eigenvalue weighted by atomic mass is 10.1. The summed E-state index contributed by atoms with van der Waals surface area (Å²) in [6, 6.07) is 3.22. The lowest BCUT2D eigenvalue weighted by Gasteiger charge is -2.22. The van der Waals surface area contributed by atoms with Crippen molar-refractivity contribution in [1.82, 2.24) is 5.32 Å². The van der Waals surface area contributed by atoms with Crippen molar-refractivity contribution in [3.05, 3.63) is 46.0 Å². The van der Waals surface area contributed by atoms with Crippen molar-refractivity contribution < 1.29 is 22.4 Å². The number of amides is 1. The van der Waals surface area contributed by atoms with E-state index in [-0.39, 0.29) is 6.42 Å². The van der Waals surface area contributed by atoms with Crippen molar-refractivity contribution in [2.45, 2.75) is 22.7 Å². The highest BCUT2D eigenvalue weighted by atomic mass is 32.2. The highest BCUT2D eigenvalue weighted by Gasteiger charge is 2.48. The Morgan fingerprint density at radius 1 is 1.29 bits per heavy atom. The molecular formula is C13H9F4NOS2. The summed E-state index contributed by atoms with van der Waals surface area (Å²) in [6.45, 7) is 0. The summed E-state index contributed by atoms with van der Waals surface area (Å²) in [5, 5.41) is 5.67. The number of fused-ring (bicyclic) bond motifs is 2. The maximum atomic E-state index is 13.4. The lowest BCUT2D eigenvalue weighted by molar-refractivity contribution is -0.174. The first-order valence-corrected chi connectivity index (χ1v) is 7.76. The topological polar surface area (TPSA) is 29.1 Å². The number of halogens is 4. The molecule has 2 aliphatic rings. The van der Waals surface area contributed by atoms with E-state index in [9.17, 15) is 22.4 Å². The van der Waals surface area contributed by atoms with Crippen LogP contribution in [0, 0.1) is 5.82 Å². The number of carbonyl (C=O) groups is 1. The molecule has 0 fully saturated rings. The summed E-state index contributed by atoms with van der Waals surface area (Å²) < 4.78 is 50.2. The maximum Gasteiger partial charge on any atom is 0.471 e. The number of hydrogen-bond donors (Lipinski definition) is 1. The monoisotopic (exact) mass is 335 g/mol. The second kappa shape index (κ2) is 4.95. The Bertz CT molecular complexity index is 621. The molecule has 1 heterocycles. The van der Waals surface area contributed by atoms with Crippen LogP contribution < -0.4 is 5.32 Å². The molecule has 0 saturated heterocycles. The third-order valence-corrected chi connectivity index (χ3v) is 6.24. The summed E-state index contributed by atoms with van der Waals surface area (Å²) in [5.74, 6) is -2.53. The molecule has 1 aliphatic carbocycles. The van der Waals surface area contributed by atoms with Crippen LogP contribution in [0.25, 0.3) is 0 Å². The maximum absolute atomic E-state index is 13.4. The summed E-state index contributed by atoms with van der Waals surface area (Å²) in [6.07, 6.45) is -4.66. The summed E-state index contributed by atoms with van der Waals surface area (Å²) in [7, 11) is 0. The van der Waals surface area contributed by atoms with E-state index in [1.54, 1.807) is 6.07 Å². The quantitative estimate of drug-likeness (QED) is 0.785. The van der Waals surface area contributed by atoms with Crippen LogP contribution in [-0.4, -0.2) is 12.1 Å². The predicted molar refractivity (Wildman–Crippen MR) is 74.0 cm³/mol. The normalized spacial score (nSPS) is 22.6. The number of carbonyl (C=O) groups excluding carboxylic acids is 1. The highest BCUT2D eigenvalue weighted by Crippen LogP contribution is 2.62. The van der Waals surface area contributed by atoms with Crippen LogP contribution in [0.5, 0.6) is 0 Å². The zero-order chi connectivity index (χ0) is 15.3. The minimum atomic E-state index is -4.95. The van der Waals surface area contributed by atoms with Gasteiger partial charge in [0.05, 0.1) is 10.1 Å². The Morgan fingerprint density at radius 2 is 1.95 bits per heavy atom. The number of hydrogen-bond acceptors (Lipinski definition) is 3. The van der Waals surface area contributed by atoms with Gasteiger partial charge >= 0.3 is 12.1 Å². The van der Waals surface area contributed by atoms with Gasteiger partial charge in [0.25, 0.3) is 0 Å². The fourth-order valence-corrected chi connectivity index (χ4v) is 5.14. The summed E-state index contributed by atoms with van der Waals surface area (Å²) in [5.41, 5.74) is 1.17. The van der Waals surface area contributed by atoms with Gasteiger partial charge in [0.15, 0.2) is 0 Å². The van der Waals surface area contributed by atoms with E-state index < -0.39 is 28.0 Å². The molecule has 1 atom stereocenters. The van der Waals surface area contributed by atoms with Gasteiger partial charge in [0.1, 0.15) is 5.82 Å². The molecule has 112 valence electrons. The molecule has 1 N–H and O–H groups in total. The van der Waals surface area contributed by atoms with Crippen LogP contribution in [-0.2, 0) is 8.87 Å². The second-order valence-electron chi connectivity index (χ2n) is 4.72. The molecule has 1 spiro atoms. The number of alkyl halides is 3. The molecule has 3 rings (SSSR count). The van der Waals surface area contributed by atoms with Gasteiger partial charge < -0.3 is 5.32 Å². The number of rotatable bonds is 1. The fraction of sp³-hybridized carbons (Fsp3) is 0.308. The molecule has 2 nitrogen and oxygen atoms in total. The summed E-state index contributed by atoms with van der Waals surface area (Å²) in [4.78, 5) is 11.2. The van der Waals surface area contributed by atoms with Gasteiger partial charge in [0, 0.05) is 6.42 Å². The molecule has 8 heteroatoms. The minimum Gasteiger partial charge on any atom is -0.341 e. The highest BCUT2D eigenvalue weighted by molar-refractivity contribution is 8.22. The van der Waals surface area contributed by atoms with Gasteiger partial charge in [-0.1, -0.05) is 6.07 Å². The van der Waals surface area contributed by atoms with Crippen molar-refractivity contribution in [1.29, 1.82) is 0 Å². The van der Waals surface area contributed by atoms with Crippen molar-refractivity contribution in [2.75, 3.05) is 0 Å². The molecule has 1 aromatic rings. The summed E-state index contributed by atoms with van der Waals surface area (Å²) >= 11 is 2.93. The minimum absolute atomic E-state index is 0.288. The van der Waals surface area contributed by atoms with E-state index in [1.807, 2.05) is 16.1 Å². The standard InChI is InChI=1S/C13H9F4NOS2/c14-7-1-2-9-8(5-7)10(18-11(19)13(15,16)17)6-12(9)20-3-4-21-12/h1-5,10H,6H2,(H,18,19). The second-order valence-corrected chi connectivity index (χ2v) is 7.39. The van der Waals surface area contributed by atoms with Gasteiger partial charge in [-0.05, 0) is 34.1 Å². The number of nitrogens with one attached hydrogen (secondary N) is 1. The number of benzene rings is 1. The van der Waals surface area contributed by atoms with Crippen molar-refractivity contribution in [3.8, 4) is 0 Å². The van der Waals surface area contributed by atoms with Gasteiger partial charge in [-0.2, -0.15) is 13.2 Å². The molecule has 0 saturated carbocycles. The van der Waals surface area contributed by atoms with Crippen LogP contribution in [0.15, 0.2) is 29.0 Å². The first-order chi connectivity index (χ1) is 9.82. The Morgan fingerprint density at radius 3 is 2.57 bits per heavy atom. The van der Waals surface area contributed by atoms with Crippen molar-refractivity contribution in [2.24, 2.45) is 0 Å². The van der Waals surface area contributed by atoms with E-state index in [4.69, 9.17) is 0 Å². The fourth-order valence-electron chi connectivity index (χ4n) is 2.55. The van der Waals surface area contributed by atoms with Crippen LogP contribution in [0.2, 0.25) is 0 Å². The zero-order valence-electron chi connectivity index (χ0n) is 10.4. The molecule has 1 aliphatic heterocycles. The SMILES string of the molecule is O=C(NC1CC2(SC=CS2)c2ccc(F)cc21)C(F)(F)F. The van der Waals surface area contributed by atoms with Crippen molar-refractivity contribution >= 4 is 29.4 Å². The third-order valence-electron chi connectivity index (χ3n) is 3.41. The Balaban J connectivity index is 1.94. The Kier molecular flexibility index (Phi) is 3.48. The van der Waals surface area contributed by atoms with Gasteiger partial charge in [-0.25, -0.2) is 4.39 Å². The van der Waals surface area contributed by atoms with E-state index >= 15 is 0 Å². The molecule has 21 heavy (non-hydrogen) atoms. The van der Waals surface area contributed by atoms with Gasteiger partial charge in [0.2, 0.25) is 0 Å². The van der Waals surface area contributed by atoms with Crippen LogP contribution in [0.4, 0.5) is 17.6 Å². The van der Waals surface area contributed by atoms with Crippen LogP contribution >= 0.6 is 23.5 Å². The molecule has 1 aromatic carbocycles. The van der Waals surface area contributed by atoms with Crippen molar-refractivity contribution in [3.63, 3.8) is 0 Å². The third kappa shape index (κ3) is 2.55. The molecule has 0 bridgehead atoms. The Labute approximate surface area is 126 Å². The predicted octanol–water partition coefficient (Wildman–Crippen LogP) is 4.05. The van der Waals surface area contributed by atoms with Crippen LogP contribution in [0.3, 0.4) is 0 Å². The molecule has 0 radical (unpaired) electrons. The van der Waals surface area contributed by atoms with E-state index in [2.05, 4.69) is 0 Å². The largest absolute Gasteiger partial charge is 0.471 e. The van der Waals surface area contributed by atoms with Gasteiger partial charge in [-0.15, -0.1) is 23.5 Å². The average Bonchev–Trinajstić information content (AvgIpc) is 2.96. The van der Waals surface area contributed by atoms with E-state index in [0.29, 0.717) is 5.56 Å². The molecular weight excluding hydrogens is 326 g/mol. The lowest BCUT2D eigenvalue weighted by Crippen LogP contribution is -2.38. The molecule has 1 unspecified atom stereocenters.